The van der Waals surface area contributed by atoms with Crippen LogP contribution in [-0.2, 0) is 13.1 Å². The summed E-state index contributed by atoms with van der Waals surface area (Å²) in [5.41, 5.74) is 9.56. The van der Waals surface area contributed by atoms with Crippen molar-refractivity contribution in [2.45, 2.75) is 78.9 Å². The summed E-state index contributed by atoms with van der Waals surface area (Å²) in [6, 6.07) is 28.2. The largest absolute Gasteiger partial charge is 0.292 e. The van der Waals surface area contributed by atoms with Crippen LogP contribution in [0.5, 0.6) is 0 Å². The molecule has 0 atom stereocenters. The van der Waals surface area contributed by atoms with E-state index in [-0.39, 0.29) is 11.6 Å². The second-order valence-electron chi connectivity index (χ2n) is 11.8. The Hall–Kier alpha value is -3.82. The Kier molecular flexibility index (Phi) is 8.95. The van der Waals surface area contributed by atoms with Crippen molar-refractivity contribution in [3.8, 4) is 0 Å². The van der Waals surface area contributed by atoms with E-state index >= 15 is 0 Å². The average molecular weight is 544 g/mol. The number of benzene rings is 4. The lowest BCUT2D eigenvalue weighted by Gasteiger charge is -2.36. The molecule has 0 bridgehead atoms. The zero-order valence-electron chi connectivity index (χ0n) is 24.9. The second kappa shape index (κ2) is 12.8. The number of aryl methyl sites for hydroxylation is 4. The molecule has 3 heteroatoms. The highest BCUT2D eigenvalue weighted by Gasteiger charge is 2.27. The normalized spacial score (nSPS) is 13.9. The van der Waals surface area contributed by atoms with Gasteiger partial charge in [-0.05, 0) is 62.8 Å². The zero-order chi connectivity index (χ0) is 28.9. The molecule has 1 saturated carbocycles. The molecule has 0 aromatic heterocycles. The molecule has 1 aliphatic carbocycles. The van der Waals surface area contributed by atoms with Gasteiger partial charge in [0, 0.05) is 41.4 Å². The van der Waals surface area contributed by atoms with E-state index in [1.165, 1.54) is 19.3 Å². The third-order valence-electron chi connectivity index (χ3n) is 8.49. The Morgan fingerprint density at radius 1 is 0.610 bits per heavy atom. The lowest BCUT2D eigenvalue weighted by molar-refractivity contribution is 0.102. The molecule has 3 nitrogen and oxygen atoms in total. The van der Waals surface area contributed by atoms with Gasteiger partial charge >= 0.3 is 0 Å². The van der Waals surface area contributed by atoms with Crippen LogP contribution in [0.25, 0.3) is 0 Å². The van der Waals surface area contributed by atoms with Gasteiger partial charge in [0.25, 0.3) is 0 Å². The van der Waals surface area contributed by atoms with Gasteiger partial charge in [-0.2, -0.15) is 0 Å². The summed E-state index contributed by atoms with van der Waals surface area (Å²) in [7, 11) is 0. The van der Waals surface area contributed by atoms with E-state index in [9.17, 15) is 9.59 Å². The Morgan fingerprint density at radius 2 is 1.02 bits per heavy atom. The van der Waals surface area contributed by atoms with Gasteiger partial charge in [-0.25, -0.2) is 0 Å². The van der Waals surface area contributed by atoms with Gasteiger partial charge in [-0.15, -0.1) is 0 Å². The topological polar surface area (TPSA) is 37.4 Å². The fourth-order valence-electron chi connectivity index (χ4n) is 6.68. The summed E-state index contributed by atoms with van der Waals surface area (Å²) < 4.78 is 0. The predicted octanol–water partition coefficient (Wildman–Crippen LogP) is 8.72. The van der Waals surface area contributed by atoms with E-state index in [4.69, 9.17) is 0 Å². The minimum Gasteiger partial charge on any atom is -0.292 e. The van der Waals surface area contributed by atoms with Crippen LogP contribution in [0.1, 0.15) is 97.3 Å². The van der Waals surface area contributed by atoms with E-state index in [0.29, 0.717) is 19.1 Å². The molecule has 0 N–H and O–H groups in total. The third kappa shape index (κ3) is 6.57. The van der Waals surface area contributed by atoms with Gasteiger partial charge in [-0.1, -0.05) is 115 Å². The first-order valence-corrected chi connectivity index (χ1v) is 15.0. The molecule has 0 radical (unpaired) electrons. The van der Waals surface area contributed by atoms with Gasteiger partial charge in [0.2, 0.25) is 0 Å². The highest BCUT2D eigenvalue weighted by atomic mass is 16.1. The summed E-state index contributed by atoms with van der Waals surface area (Å²) >= 11 is 0. The fourth-order valence-corrected chi connectivity index (χ4v) is 6.68. The average Bonchev–Trinajstić information content (AvgIpc) is 2.97. The summed E-state index contributed by atoms with van der Waals surface area (Å²) in [4.78, 5) is 30.2. The molecule has 210 valence electrons. The van der Waals surface area contributed by atoms with Crippen LogP contribution in [0, 0.1) is 27.7 Å². The van der Waals surface area contributed by atoms with Crippen molar-refractivity contribution in [2.24, 2.45) is 0 Å². The quantitative estimate of drug-likeness (QED) is 0.198. The van der Waals surface area contributed by atoms with Gasteiger partial charge in [0.15, 0.2) is 11.6 Å². The number of ketones is 2. The van der Waals surface area contributed by atoms with Gasteiger partial charge in [0.1, 0.15) is 0 Å². The highest BCUT2D eigenvalue weighted by molar-refractivity contribution is 6.11. The molecule has 0 spiro atoms. The van der Waals surface area contributed by atoms with Crippen LogP contribution < -0.4 is 0 Å². The molecule has 0 heterocycles. The molecule has 5 rings (SSSR count). The maximum absolute atomic E-state index is 13.8. The van der Waals surface area contributed by atoms with Gasteiger partial charge in [0.05, 0.1) is 0 Å². The molecule has 4 aromatic rings. The number of rotatable bonds is 9. The van der Waals surface area contributed by atoms with E-state index in [2.05, 4.69) is 56.9 Å². The Balaban J connectivity index is 1.57. The molecule has 1 fully saturated rings. The Morgan fingerprint density at radius 3 is 1.44 bits per heavy atom. The lowest BCUT2D eigenvalue weighted by atomic mass is 9.88. The minimum absolute atomic E-state index is 0.0769. The van der Waals surface area contributed by atoms with Crippen LogP contribution >= 0.6 is 0 Å². The van der Waals surface area contributed by atoms with E-state index < -0.39 is 0 Å². The Labute approximate surface area is 245 Å². The molecule has 0 saturated heterocycles. The van der Waals surface area contributed by atoms with Crippen molar-refractivity contribution < 1.29 is 9.59 Å². The van der Waals surface area contributed by atoms with Crippen molar-refractivity contribution in [1.29, 1.82) is 0 Å². The zero-order valence-corrected chi connectivity index (χ0v) is 24.9. The standard InChI is InChI=1S/C38H41NO2/c1-26-20-28(3)35(37(40)30-14-8-5-9-15-30)32(22-26)24-39(34-18-12-7-13-19-34)25-33-23-27(2)21-29(4)36(33)38(41)31-16-10-6-11-17-31/h5-6,8-11,14-17,20-23,34H,7,12-13,18-19,24-25H2,1-4H3. The van der Waals surface area contributed by atoms with Crippen molar-refractivity contribution in [3.63, 3.8) is 0 Å². The molecule has 4 aromatic carbocycles. The van der Waals surface area contributed by atoms with E-state index in [0.717, 1.165) is 68.5 Å². The van der Waals surface area contributed by atoms with Crippen LogP contribution in [0.4, 0.5) is 0 Å². The first-order valence-electron chi connectivity index (χ1n) is 15.0. The number of hydrogen-bond acceptors (Lipinski definition) is 3. The molecular formula is C38H41NO2. The van der Waals surface area contributed by atoms with Crippen molar-refractivity contribution >= 4 is 11.6 Å². The molecular weight excluding hydrogens is 502 g/mol. The molecule has 0 unspecified atom stereocenters. The second-order valence-corrected chi connectivity index (χ2v) is 11.8. The fraction of sp³-hybridized carbons (Fsp3) is 0.316. The van der Waals surface area contributed by atoms with Crippen molar-refractivity contribution in [1.82, 2.24) is 4.90 Å². The first-order chi connectivity index (χ1) is 19.8. The summed E-state index contributed by atoms with van der Waals surface area (Å²) in [6.45, 7) is 9.67. The summed E-state index contributed by atoms with van der Waals surface area (Å²) in [6.07, 6.45) is 5.98. The maximum atomic E-state index is 13.8. The number of nitrogens with zero attached hydrogens (tertiary/aromatic N) is 1. The lowest BCUT2D eigenvalue weighted by Crippen LogP contribution is -2.37. The van der Waals surface area contributed by atoms with Crippen LogP contribution in [-0.4, -0.2) is 22.5 Å². The number of carbonyl (C=O) groups is 2. The van der Waals surface area contributed by atoms with Gasteiger partial charge < -0.3 is 0 Å². The molecule has 0 aliphatic heterocycles. The highest BCUT2D eigenvalue weighted by Crippen LogP contribution is 2.31. The van der Waals surface area contributed by atoms with Crippen molar-refractivity contribution in [2.75, 3.05) is 0 Å². The van der Waals surface area contributed by atoms with Crippen molar-refractivity contribution in [3.05, 3.63) is 141 Å². The molecule has 41 heavy (non-hydrogen) atoms. The smallest absolute Gasteiger partial charge is 0.193 e. The van der Waals surface area contributed by atoms with Gasteiger partial charge in [-0.3, -0.25) is 14.5 Å². The molecule has 0 amide bonds. The number of hydrogen-bond donors (Lipinski definition) is 0. The summed E-state index contributed by atoms with van der Waals surface area (Å²) in [5.74, 6) is 0.154. The predicted molar refractivity (Wildman–Crippen MR) is 168 cm³/mol. The van der Waals surface area contributed by atoms with Crippen LogP contribution in [0.15, 0.2) is 84.9 Å². The van der Waals surface area contributed by atoms with E-state index in [1.807, 2.05) is 60.7 Å². The van der Waals surface area contributed by atoms with Crippen LogP contribution in [0.3, 0.4) is 0 Å². The first kappa shape index (κ1) is 28.7. The number of carbonyl (C=O) groups excluding carboxylic acids is 2. The van der Waals surface area contributed by atoms with E-state index in [1.54, 1.807) is 0 Å². The summed E-state index contributed by atoms with van der Waals surface area (Å²) in [5, 5.41) is 0. The maximum Gasteiger partial charge on any atom is 0.193 e. The van der Waals surface area contributed by atoms with Crippen LogP contribution in [0.2, 0.25) is 0 Å². The SMILES string of the molecule is Cc1cc(C)c(C(=O)c2ccccc2)c(CN(Cc2cc(C)cc(C)c2C(=O)c2ccccc2)C2CCCCC2)c1. The third-order valence-corrected chi connectivity index (χ3v) is 8.49. The Bertz CT molecular complexity index is 1420. The molecule has 1 aliphatic rings. The monoisotopic (exact) mass is 543 g/mol. The minimum atomic E-state index is 0.0769.